The third-order valence-corrected chi connectivity index (χ3v) is 5.37. The Morgan fingerprint density at radius 3 is 2.45 bits per heavy atom. The van der Waals surface area contributed by atoms with Gasteiger partial charge in [0.1, 0.15) is 0 Å². The molecule has 22 heavy (non-hydrogen) atoms. The van der Waals surface area contributed by atoms with Crippen molar-refractivity contribution in [3.63, 3.8) is 0 Å². The van der Waals surface area contributed by atoms with E-state index in [4.69, 9.17) is 0 Å². The lowest BCUT2D eigenvalue weighted by atomic mass is 9.74. The topological polar surface area (TPSA) is 0 Å². The summed E-state index contributed by atoms with van der Waals surface area (Å²) >= 11 is 0. The summed E-state index contributed by atoms with van der Waals surface area (Å²) in [7, 11) is 0. The maximum atomic E-state index is 2.38. The van der Waals surface area contributed by atoms with Gasteiger partial charge in [-0.3, -0.25) is 0 Å². The van der Waals surface area contributed by atoms with Crippen molar-refractivity contribution >= 4 is 0 Å². The van der Waals surface area contributed by atoms with Crippen LogP contribution in [-0.4, -0.2) is 0 Å². The van der Waals surface area contributed by atoms with Crippen LogP contribution in [0, 0.1) is 0 Å². The van der Waals surface area contributed by atoms with E-state index in [1.807, 2.05) is 0 Å². The molecular formula is C22H22. The zero-order chi connectivity index (χ0) is 15.3. The molecule has 0 saturated carbocycles. The van der Waals surface area contributed by atoms with Gasteiger partial charge in [-0.15, -0.1) is 0 Å². The second-order valence-corrected chi connectivity index (χ2v) is 7.11. The summed E-state index contributed by atoms with van der Waals surface area (Å²) in [6, 6.07) is 15.7. The maximum Gasteiger partial charge on any atom is 0.0114 e. The second-order valence-electron chi connectivity index (χ2n) is 7.11. The van der Waals surface area contributed by atoms with Crippen molar-refractivity contribution in [3.8, 4) is 11.1 Å². The number of benzene rings is 2. The maximum absolute atomic E-state index is 2.38. The molecule has 0 N–H and O–H groups in total. The molecule has 0 fully saturated rings. The van der Waals surface area contributed by atoms with Crippen LogP contribution in [-0.2, 0) is 11.8 Å². The van der Waals surface area contributed by atoms with Crippen molar-refractivity contribution in [2.24, 2.45) is 0 Å². The molecule has 0 amide bonds. The van der Waals surface area contributed by atoms with Crippen LogP contribution in [0.15, 0.2) is 65.8 Å². The van der Waals surface area contributed by atoms with Gasteiger partial charge in [-0.1, -0.05) is 79.6 Å². The van der Waals surface area contributed by atoms with Crippen molar-refractivity contribution < 1.29 is 0 Å². The molecule has 110 valence electrons. The fourth-order valence-electron chi connectivity index (χ4n) is 4.02. The van der Waals surface area contributed by atoms with Crippen LogP contribution in [0.4, 0.5) is 0 Å². The Hall–Kier alpha value is -2.08. The molecular weight excluding hydrogens is 264 g/mol. The van der Waals surface area contributed by atoms with Gasteiger partial charge < -0.3 is 0 Å². The summed E-state index contributed by atoms with van der Waals surface area (Å²) in [5.74, 6) is 0. The standard InChI is InChI=1S/C22H22/c1-15-11-12-17(13-15)22(2,3)21-10-6-9-19-18-8-5-4-7-16(18)14-20(19)21/h4-11,13H,12,14H2,1-3H3. The molecule has 2 aliphatic carbocycles. The van der Waals surface area contributed by atoms with Crippen molar-refractivity contribution in [2.75, 3.05) is 0 Å². The van der Waals surface area contributed by atoms with E-state index in [0.717, 1.165) is 12.8 Å². The predicted molar refractivity (Wildman–Crippen MR) is 94.2 cm³/mol. The van der Waals surface area contributed by atoms with E-state index in [1.165, 1.54) is 39.0 Å². The van der Waals surface area contributed by atoms with E-state index < -0.39 is 0 Å². The van der Waals surface area contributed by atoms with Crippen molar-refractivity contribution in [1.29, 1.82) is 0 Å². The third kappa shape index (κ3) is 1.90. The highest BCUT2D eigenvalue weighted by Crippen LogP contribution is 2.45. The second kappa shape index (κ2) is 4.71. The van der Waals surface area contributed by atoms with E-state index in [9.17, 15) is 0 Å². The van der Waals surface area contributed by atoms with Gasteiger partial charge in [0.05, 0.1) is 0 Å². The summed E-state index contributed by atoms with van der Waals surface area (Å²) < 4.78 is 0. The average Bonchev–Trinajstić information content (AvgIpc) is 3.10. The van der Waals surface area contributed by atoms with Gasteiger partial charge in [0.15, 0.2) is 0 Å². The molecule has 0 aliphatic heterocycles. The summed E-state index contributed by atoms with van der Waals surface area (Å²) in [5.41, 5.74) is 10.4. The lowest BCUT2D eigenvalue weighted by Crippen LogP contribution is -2.21. The Kier molecular flexibility index (Phi) is 2.91. The Morgan fingerprint density at radius 1 is 0.909 bits per heavy atom. The normalized spacial score (nSPS) is 16.1. The number of allylic oxidation sites excluding steroid dienone is 4. The van der Waals surface area contributed by atoms with Crippen molar-refractivity contribution in [3.05, 3.63) is 82.5 Å². The molecule has 2 aromatic carbocycles. The van der Waals surface area contributed by atoms with E-state index in [2.05, 4.69) is 75.4 Å². The summed E-state index contributed by atoms with van der Waals surface area (Å²) in [4.78, 5) is 0. The minimum absolute atomic E-state index is 0.0989. The lowest BCUT2D eigenvalue weighted by molar-refractivity contribution is 0.608. The van der Waals surface area contributed by atoms with Crippen molar-refractivity contribution in [1.82, 2.24) is 0 Å². The minimum atomic E-state index is 0.0989. The smallest absolute Gasteiger partial charge is 0.0114 e. The highest BCUT2D eigenvalue weighted by molar-refractivity contribution is 5.78. The van der Waals surface area contributed by atoms with Gasteiger partial charge in [-0.25, -0.2) is 0 Å². The van der Waals surface area contributed by atoms with Crippen LogP contribution in [0.1, 0.15) is 43.9 Å². The van der Waals surface area contributed by atoms with Gasteiger partial charge in [-0.2, -0.15) is 0 Å². The number of hydrogen-bond acceptors (Lipinski definition) is 0. The monoisotopic (exact) mass is 286 g/mol. The molecule has 0 spiro atoms. The van der Waals surface area contributed by atoms with Crippen LogP contribution in [0.3, 0.4) is 0 Å². The van der Waals surface area contributed by atoms with E-state index >= 15 is 0 Å². The molecule has 0 unspecified atom stereocenters. The molecule has 4 rings (SSSR count). The molecule has 0 radical (unpaired) electrons. The first-order valence-corrected chi connectivity index (χ1v) is 8.16. The van der Waals surface area contributed by atoms with Crippen LogP contribution >= 0.6 is 0 Å². The van der Waals surface area contributed by atoms with E-state index in [1.54, 1.807) is 0 Å². The summed E-state index contributed by atoms with van der Waals surface area (Å²) in [5, 5.41) is 0. The fraction of sp³-hybridized carbons (Fsp3) is 0.273. The van der Waals surface area contributed by atoms with E-state index in [0.29, 0.717) is 0 Å². The molecule has 0 nitrogen and oxygen atoms in total. The molecule has 0 heteroatoms. The molecule has 0 atom stereocenters. The summed E-state index contributed by atoms with van der Waals surface area (Å²) in [6.45, 7) is 6.96. The quantitative estimate of drug-likeness (QED) is 0.557. The molecule has 2 aliphatic rings. The Morgan fingerprint density at radius 2 is 1.68 bits per heavy atom. The highest BCUT2D eigenvalue weighted by atomic mass is 14.4. The lowest BCUT2D eigenvalue weighted by Gasteiger charge is -2.30. The predicted octanol–water partition coefficient (Wildman–Crippen LogP) is 5.81. The fourth-order valence-corrected chi connectivity index (χ4v) is 4.02. The Bertz CT molecular complexity index is 816. The van der Waals surface area contributed by atoms with Gasteiger partial charge in [0.25, 0.3) is 0 Å². The third-order valence-electron chi connectivity index (χ3n) is 5.37. The highest BCUT2D eigenvalue weighted by Gasteiger charge is 2.32. The Balaban J connectivity index is 1.84. The van der Waals surface area contributed by atoms with Crippen LogP contribution in [0.2, 0.25) is 0 Å². The summed E-state index contributed by atoms with van der Waals surface area (Å²) in [6.07, 6.45) is 6.89. The van der Waals surface area contributed by atoms with Gasteiger partial charge in [0.2, 0.25) is 0 Å². The van der Waals surface area contributed by atoms with Gasteiger partial charge >= 0.3 is 0 Å². The minimum Gasteiger partial charge on any atom is -0.0775 e. The van der Waals surface area contributed by atoms with Gasteiger partial charge in [0, 0.05) is 5.41 Å². The molecule has 0 bridgehead atoms. The van der Waals surface area contributed by atoms with E-state index in [-0.39, 0.29) is 5.41 Å². The molecule has 0 heterocycles. The number of rotatable bonds is 2. The molecule has 2 aromatic rings. The molecule has 0 aromatic heterocycles. The number of fused-ring (bicyclic) bond motifs is 3. The van der Waals surface area contributed by atoms with Crippen LogP contribution < -0.4 is 0 Å². The first-order chi connectivity index (χ1) is 10.6. The Labute approximate surface area is 133 Å². The first-order valence-electron chi connectivity index (χ1n) is 8.16. The SMILES string of the molecule is CC1=CCC(C(C)(C)c2cccc3c2Cc2ccccc2-3)=C1. The van der Waals surface area contributed by atoms with Gasteiger partial charge in [-0.05, 0) is 47.6 Å². The first kappa shape index (κ1) is 13.6. The average molecular weight is 286 g/mol. The molecule has 0 saturated heterocycles. The zero-order valence-electron chi connectivity index (χ0n) is 13.6. The van der Waals surface area contributed by atoms with Crippen LogP contribution in [0.5, 0.6) is 0 Å². The zero-order valence-corrected chi connectivity index (χ0v) is 13.6. The largest absolute Gasteiger partial charge is 0.0775 e. The van der Waals surface area contributed by atoms with Crippen LogP contribution in [0.25, 0.3) is 11.1 Å². The number of hydrogen-bond donors (Lipinski definition) is 0. The van der Waals surface area contributed by atoms with Crippen molar-refractivity contribution in [2.45, 2.75) is 39.0 Å².